The minimum absolute atomic E-state index is 0.552. The van der Waals surface area contributed by atoms with Crippen molar-refractivity contribution in [3.63, 3.8) is 0 Å². The molecule has 0 fully saturated rings. The Kier molecular flexibility index (Phi) is 4.04. The van der Waals surface area contributed by atoms with Crippen molar-refractivity contribution in [2.75, 3.05) is 0 Å². The molecular weight excluding hydrogens is 307 g/mol. The lowest BCUT2D eigenvalue weighted by atomic mass is 9.93. The SMILES string of the molecule is C[C@@](N)(C[C@H](O)C(F)(F)F)c1cc(Br)cs1. The number of rotatable bonds is 3. The Morgan fingerprint density at radius 1 is 1.56 bits per heavy atom. The molecule has 0 aliphatic rings. The second-order valence-electron chi connectivity index (χ2n) is 3.81. The molecule has 0 bridgehead atoms. The topological polar surface area (TPSA) is 46.2 Å². The molecule has 16 heavy (non-hydrogen) atoms. The van der Waals surface area contributed by atoms with Gasteiger partial charge in [-0.15, -0.1) is 11.3 Å². The number of aliphatic hydroxyl groups is 1. The Balaban J connectivity index is 2.80. The molecule has 0 unspecified atom stereocenters. The first kappa shape index (κ1) is 14.0. The van der Waals surface area contributed by atoms with Crippen LogP contribution in [0.4, 0.5) is 13.2 Å². The number of hydrogen-bond donors (Lipinski definition) is 2. The molecule has 0 amide bonds. The highest BCUT2D eigenvalue weighted by molar-refractivity contribution is 9.10. The highest BCUT2D eigenvalue weighted by Gasteiger charge is 2.42. The predicted octanol–water partition coefficient (Wildman–Crippen LogP) is 3.00. The molecule has 0 saturated carbocycles. The van der Waals surface area contributed by atoms with E-state index in [0.717, 1.165) is 4.47 Å². The maximum absolute atomic E-state index is 12.2. The molecule has 0 aliphatic carbocycles. The normalized spacial score (nSPS) is 18.2. The molecule has 92 valence electrons. The van der Waals surface area contributed by atoms with Crippen LogP contribution in [0.2, 0.25) is 0 Å². The number of halogens is 4. The number of hydrogen-bond acceptors (Lipinski definition) is 3. The summed E-state index contributed by atoms with van der Waals surface area (Å²) in [6.07, 6.45) is -7.58. The lowest BCUT2D eigenvalue weighted by Gasteiger charge is -2.27. The van der Waals surface area contributed by atoms with Crippen molar-refractivity contribution >= 4 is 27.3 Å². The van der Waals surface area contributed by atoms with Crippen LogP contribution < -0.4 is 5.73 Å². The lowest BCUT2D eigenvalue weighted by molar-refractivity contribution is -0.209. The van der Waals surface area contributed by atoms with Crippen LogP contribution in [-0.2, 0) is 5.54 Å². The van der Waals surface area contributed by atoms with E-state index in [1.807, 2.05) is 0 Å². The molecule has 1 rings (SSSR count). The summed E-state index contributed by atoms with van der Waals surface area (Å²) < 4.78 is 37.3. The summed E-state index contributed by atoms with van der Waals surface area (Å²) in [5, 5.41) is 10.7. The molecule has 0 aromatic carbocycles. The number of aliphatic hydroxyl groups excluding tert-OH is 1. The summed E-state index contributed by atoms with van der Waals surface area (Å²) in [4.78, 5) is 0.600. The number of thiophene rings is 1. The van der Waals surface area contributed by atoms with Crippen LogP contribution in [-0.4, -0.2) is 17.4 Å². The van der Waals surface area contributed by atoms with Gasteiger partial charge in [-0.1, -0.05) is 0 Å². The van der Waals surface area contributed by atoms with Crippen molar-refractivity contribution in [3.05, 3.63) is 20.8 Å². The quantitative estimate of drug-likeness (QED) is 0.900. The summed E-state index contributed by atoms with van der Waals surface area (Å²) in [5.74, 6) is 0. The summed E-state index contributed by atoms with van der Waals surface area (Å²) >= 11 is 4.46. The fourth-order valence-electron chi connectivity index (χ4n) is 1.23. The van der Waals surface area contributed by atoms with Crippen LogP contribution in [0, 0.1) is 0 Å². The fourth-order valence-corrected chi connectivity index (χ4v) is 2.75. The van der Waals surface area contributed by atoms with Crippen molar-refractivity contribution in [2.45, 2.75) is 31.2 Å². The van der Waals surface area contributed by atoms with Gasteiger partial charge in [-0.3, -0.25) is 0 Å². The van der Waals surface area contributed by atoms with Gasteiger partial charge in [0.05, 0.1) is 5.54 Å². The van der Waals surface area contributed by atoms with Crippen molar-refractivity contribution in [1.29, 1.82) is 0 Å². The molecule has 0 radical (unpaired) electrons. The molecule has 3 N–H and O–H groups in total. The van der Waals surface area contributed by atoms with E-state index in [-0.39, 0.29) is 0 Å². The molecule has 1 heterocycles. The summed E-state index contributed by atoms with van der Waals surface area (Å²) in [7, 11) is 0. The molecule has 0 aliphatic heterocycles. The summed E-state index contributed by atoms with van der Waals surface area (Å²) in [6.45, 7) is 1.47. The Morgan fingerprint density at radius 3 is 2.50 bits per heavy atom. The van der Waals surface area contributed by atoms with E-state index >= 15 is 0 Å². The van der Waals surface area contributed by atoms with Crippen molar-refractivity contribution in [3.8, 4) is 0 Å². The first-order chi connectivity index (χ1) is 7.13. The van der Waals surface area contributed by atoms with Gasteiger partial charge in [0.2, 0.25) is 0 Å². The Hall–Kier alpha value is -0.110. The first-order valence-electron chi connectivity index (χ1n) is 4.41. The zero-order valence-corrected chi connectivity index (χ0v) is 10.8. The highest BCUT2D eigenvalue weighted by Crippen LogP contribution is 2.34. The van der Waals surface area contributed by atoms with Crippen molar-refractivity contribution in [1.82, 2.24) is 0 Å². The van der Waals surface area contributed by atoms with Gasteiger partial charge in [-0.25, -0.2) is 0 Å². The Bertz CT molecular complexity index is 364. The number of alkyl halides is 3. The van der Waals surface area contributed by atoms with E-state index in [2.05, 4.69) is 15.9 Å². The van der Waals surface area contributed by atoms with Crippen LogP contribution in [0.3, 0.4) is 0 Å². The minimum Gasteiger partial charge on any atom is -0.384 e. The maximum atomic E-state index is 12.2. The van der Waals surface area contributed by atoms with E-state index in [1.165, 1.54) is 18.3 Å². The zero-order chi connectivity index (χ0) is 12.6. The maximum Gasteiger partial charge on any atom is 0.414 e. The third-order valence-electron chi connectivity index (χ3n) is 2.13. The molecule has 0 spiro atoms. The second-order valence-corrected chi connectivity index (χ2v) is 5.64. The zero-order valence-electron chi connectivity index (χ0n) is 8.38. The van der Waals surface area contributed by atoms with Gasteiger partial charge in [0, 0.05) is 21.2 Å². The second kappa shape index (κ2) is 4.64. The van der Waals surface area contributed by atoms with Crippen molar-refractivity contribution < 1.29 is 18.3 Å². The van der Waals surface area contributed by atoms with Gasteiger partial charge in [-0.2, -0.15) is 13.2 Å². The first-order valence-corrected chi connectivity index (χ1v) is 6.08. The van der Waals surface area contributed by atoms with Crippen LogP contribution in [0.25, 0.3) is 0 Å². The molecular formula is C9H11BrF3NOS. The van der Waals surface area contributed by atoms with E-state index in [1.54, 1.807) is 11.4 Å². The highest BCUT2D eigenvalue weighted by atomic mass is 79.9. The average Bonchev–Trinajstić information content (AvgIpc) is 2.49. The molecule has 2 atom stereocenters. The van der Waals surface area contributed by atoms with Gasteiger partial charge >= 0.3 is 6.18 Å². The largest absolute Gasteiger partial charge is 0.414 e. The summed E-state index contributed by atoms with van der Waals surface area (Å²) in [6, 6.07) is 1.66. The lowest BCUT2D eigenvalue weighted by Crippen LogP contribution is -2.41. The van der Waals surface area contributed by atoms with E-state index < -0.39 is 24.2 Å². The smallest absolute Gasteiger partial charge is 0.384 e. The number of nitrogens with two attached hydrogens (primary N) is 1. The van der Waals surface area contributed by atoms with Crippen LogP contribution in [0.15, 0.2) is 15.9 Å². The molecule has 7 heteroatoms. The molecule has 1 aromatic heterocycles. The molecule has 1 aromatic rings. The fraction of sp³-hybridized carbons (Fsp3) is 0.556. The van der Waals surface area contributed by atoms with E-state index in [4.69, 9.17) is 10.8 Å². The molecule has 0 saturated heterocycles. The van der Waals surface area contributed by atoms with Crippen LogP contribution >= 0.6 is 27.3 Å². The Labute approximate surface area is 103 Å². The summed E-state index contributed by atoms with van der Waals surface area (Å²) in [5.41, 5.74) is 4.59. The van der Waals surface area contributed by atoms with Gasteiger partial charge in [0.15, 0.2) is 6.10 Å². The Morgan fingerprint density at radius 2 is 2.12 bits per heavy atom. The molecule has 2 nitrogen and oxygen atoms in total. The standard InChI is InChI=1S/C9H11BrF3NOS/c1-8(14,3-6(15)9(11,12)13)7-2-5(10)4-16-7/h2,4,6,15H,3,14H2,1H3/t6-,8+/m0/s1. The van der Waals surface area contributed by atoms with Gasteiger partial charge in [0.1, 0.15) is 0 Å². The average molecular weight is 318 g/mol. The van der Waals surface area contributed by atoms with Gasteiger partial charge in [-0.05, 0) is 28.9 Å². The van der Waals surface area contributed by atoms with E-state index in [9.17, 15) is 13.2 Å². The van der Waals surface area contributed by atoms with E-state index in [0.29, 0.717) is 4.88 Å². The predicted molar refractivity (Wildman–Crippen MR) is 60.2 cm³/mol. The van der Waals surface area contributed by atoms with Gasteiger partial charge < -0.3 is 10.8 Å². The van der Waals surface area contributed by atoms with Crippen molar-refractivity contribution in [2.24, 2.45) is 5.73 Å². The van der Waals surface area contributed by atoms with Crippen LogP contribution in [0.1, 0.15) is 18.2 Å². The third-order valence-corrected chi connectivity index (χ3v) is 4.10. The third kappa shape index (κ3) is 3.44. The minimum atomic E-state index is -4.63. The van der Waals surface area contributed by atoms with Crippen LogP contribution in [0.5, 0.6) is 0 Å². The van der Waals surface area contributed by atoms with Gasteiger partial charge in [0.25, 0.3) is 0 Å². The monoisotopic (exact) mass is 317 g/mol.